The van der Waals surface area contributed by atoms with Gasteiger partial charge in [-0.25, -0.2) is 8.42 Å². The van der Waals surface area contributed by atoms with Gasteiger partial charge >= 0.3 is 0 Å². The standard InChI is InChI=1S/C22H28N4O4S2/c1-14-5-3-4-11-26(14)32(29,30)16-8-6-15(7-9-16)21(28)24-22-19(20(23)27)17-10-12-25(2)13-18(17)31-22/h6-9,14H,3-5,10-13H2,1-2H3,(H2,23,27)(H,24,28)/t14-/m0/s1. The number of fused-ring (bicyclic) bond motifs is 1. The zero-order valence-electron chi connectivity index (χ0n) is 18.3. The maximum absolute atomic E-state index is 13.0. The molecule has 32 heavy (non-hydrogen) atoms. The molecule has 2 aliphatic rings. The van der Waals surface area contributed by atoms with Crippen molar-refractivity contribution in [2.75, 3.05) is 25.5 Å². The minimum atomic E-state index is -3.60. The van der Waals surface area contributed by atoms with Gasteiger partial charge in [-0.2, -0.15) is 4.31 Å². The largest absolute Gasteiger partial charge is 0.365 e. The monoisotopic (exact) mass is 476 g/mol. The number of primary amides is 1. The van der Waals surface area contributed by atoms with E-state index in [2.05, 4.69) is 10.2 Å². The van der Waals surface area contributed by atoms with Crippen molar-refractivity contribution >= 4 is 38.2 Å². The number of piperidine rings is 1. The summed E-state index contributed by atoms with van der Waals surface area (Å²) in [7, 11) is -1.59. The second-order valence-corrected chi connectivity index (χ2v) is 11.5. The molecule has 0 saturated carbocycles. The normalized spacial score (nSPS) is 20.0. The van der Waals surface area contributed by atoms with E-state index in [1.54, 1.807) is 0 Å². The number of amides is 2. The molecule has 2 aliphatic heterocycles. The Morgan fingerprint density at radius 1 is 1.16 bits per heavy atom. The van der Waals surface area contributed by atoms with Crippen LogP contribution in [0.1, 0.15) is 57.3 Å². The van der Waals surface area contributed by atoms with Gasteiger partial charge in [-0.3, -0.25) is 9.59 Å². The summed E-state index contributed by atoms with van der Waals surface area (Å²) in [4.78, 5) is 28.3. The number of hydrogen-bond donors (Lipinski definition) is 2. The van der Waals surface area contributed by atoms with Crippen molar-refractivity contribution in [2.45, 2.75) is 50.1 Å². The van der Waals surface area contributed by atoms with E-state index in [4.69, 9.17) is 5.73 Å². The Bertz CT molecular complexity index is 1140. The van der Waals surface area contributed by atoms with Gasteiger partial charge in [-0.15, -0.1) is 11.3 Å². The van der Waals surface area contributed by atoms with Crippen LogP contribution in [0.4, 0.5) is 5.00 Å². The summed E-state index contributed by atoms with van der Waals surface area (Å²) in [5.41, 5.74) is 7.22. The topological polar surface area (TPSA) is 113 Å². The van der Waals surface area contributed by atoms with Gasteiger partial charge in [-0.1, -0.05) is 6.42 Å². The molecular formula is C22H28N4O4S2. The molecule has 3 N–H and O–H groups in total. The van der Waals surface area contributed by atoms with Crippen LogP contribution < -0.4 is 11.1 Å². The minimum absolute atomic E-state index is 0.0344. The Morgan fingerprint density at radius 2 is 1.88 bits per heavy atom. The number of nitrogens with one attached hydrogen (secondary N) is 1. The van der Waals surface area contributed by atoms with E-state index in [1.807, 2.05) is 14.0 Å². The highest BCUT2D eigenvalue weighted by atomic mass is 32.2. The molecule has 1 atom stereocenters. The zero-order chi connectivity index (χ0) is 23.0. The van der Waals surface area contributed by atoms with Crippen molar-refractivity contribution in [1.29, 1.82) is 0 Å². The minimum Gasteiger partial charge on any atom is -0.365 e. The Morgan fingerprint density at radius 3 is 2.53 bits per heavy atom. The lowest BCUT2D eigenvalue weighted by Gasteiger charge is -2.32. The highest BCUT2D eigenvalue weighted by molar-refractivity contribution is 7.89. The Balaban J connectivity index is 1.55. The van der Waals surface area contributed by atoms with Crippen LogP contribution in [0.2, 0.25) is 0 Å². The SMILES string of the molecule is C[C@H]1CCCCN1S(=O)(=O)c1ccc(C(=O)Nc2sc3c(c2C(N)=O)CCN(C)C3)cc1. The third-order valence-corrected chi connectivity index (χ3v) is 9.35. The van der Waals surface area contributed by atoms with Crippen molar-refractivity contribution in [3.8, 4) is 0 Å². The molecule has 0 aliphatic carbocycles. The van der Waals surface area contributed by atoms with Crippen LogP contribution in [0.3, 0.4) is 0 Å². The summed E-state index contributed by atoms with van der Waals surface area (Å²) in [6.45, 7) is 3.97. The van der Waals surface area contributed by atoms with Crippen molar-refractivity contribution < 1.29 is 18.0 Å². The number of benzene rings is 1. The first kappa shape index (κ1) is 22.9. The fourth-order valence-corrected chi connectivity index (χ4v) is 7.43. The van der Waals surface area contributed by atoms with Crippen LogP contribution in [0.15, 0.2) is 29.2 Å². The molecule has 0 spiro atoms. The predicted molar refractivity (Wildman–Crippen MR) is 124 cm³/mol. The first-order valence-electron chi connectivity index (χ1n) is 10.7. The number of sulfonamides is 1. The summed E-state index contributed by atoms with van der Waals surface area (Å²) >= 11 is 1.37. The maximum Gasteiger partial charge on any atom is 0.256 e. The van der Waals surface area contributed by atoms with Gasteiger partial charge in [0.05, 0.1) is 10.5 Å². The predicted octanol–water partition coefficient (Wildman–Crippen LogP) is 2.65. The first-order valence-corrected chi connectivity index (χ1v) is 13.0. The van der Waals surface area contributed by atoms with Gasteiger partial charge in [0.2, 0.25) is 10.0 Å². The van der Waals surface area contributed by atoms with E-state index in [0.717, 1.165) is 36.2 Å². The van der Waals surface area contributed by atoms with Crippen LogP contribution in [0.5, 0.6) is 0 Å². The van der Waals surface area contributed by atoms with E-state index in [0.29, 0.717) is 35.6 Å². The number of nitrogens with zero attached hydrogens (tertiary/aromatic N) is 2. The Kier molecular flexibility index (Phi) is 6.39. The number of rotatable bonds is 5. The lowest BCUT2D eigenvalue weighted by atomic mass is 10.0. The average Bonchev–Trinajstić information content (AvgIpc) is 3.11. The van der Waals surface area contributed by atoms with Crippen molar-refractivity contribution in [2.24, 2.45) is 5.73 Å². The summed E-state index contributed by atoms with van der Waals surface area (Å²) in [5.74, 6) is -0.964. The number of hydrogen-bond acceptors (Lipinski definition) is 6. The molecule has 0 unspecified atom stereocenters. The molecule has 3 heterocycles. The quantitative estimate of drug-likeness (QED) is 0.689. The summed E-state index contributed by atoms with van der Waals surface area (Å²) < 4.78 is 27.5. The van der Waals surface area contributed by atoms with Crippen molar-refractivity contribution in [3.05, 3.63) is 45.8 Å². The number of nitrogens with two attached hydrogens (primary N) is 1. The maximum atomic E-state index is 13.0. The average molecular weight is 477 g/mol. The van der Waals surface area contributed by atoms with Crippen LogP contribution >= 0.6 is 11.3 Å². The van der Waals surface area contributed by atoms with Gasteiger partial charge in [0.15, 0.2) is 0 Å². The molecule has 2 aromatic rings. The smallest absolute Gasteiger partial charge is 0.256 e. The highest BCUT2D eigenvalue weighted by Crippen LogP contribution is 2.37. The van der Waals surface area contributed by atoms with E-state index >= 15 is 0 Å². The fraction of sp³-hybridized carbons (Fsp3) is 0.455. The van der Waals surface area contributed by atoms with Crippen LogP contribution in [-0.2, 0) is 23.0 Å². The molecule has 0 radical (unpaired) electrons. The van der Waals surface area contributed by atoms with Gasteiger partial charge in [-0.05, 0) is 63.1 Å². The van der Waals surface area contributed by atoms with Crippen molar-refractivity contribution in [1.82, 2.24) is 9.21 Å². The van der Waals surface area contributed by atoms with Crippen molar-refractivity contribution in [3.63, 3.8) is 0 Å². The third-order valence-electron chi connectivity index (χ3n) is 6.19. The Labute approximate surface area is 192 Å². The number of carbonyl (C=O) groups excluding carboxylic acids is 2. The summed E-state index contributed by atoms with van der Waals surface area (Å²) in [6.07, 6.45) is 3.44. The van der Waals surface area contributed by atoms with E-state index < -0.39 is 21.8 Å². The molecule has 0 bridgehead atoms. The van der Waals surface area contributed by atoms with E-state index in [1.165, 1.54) is 39.9 Å². The molecule has 2 amide bonds. The fourth-order valence-electron chi connectivity index (χ4n) is 4.40. The van der Waals surface area contributed by atoms with Crippen LogP contribution in [-0.4, -0.2) is 55.6 Å². The third kappa shape index (κ3) is 4.32. The Hall–Kier alpha value is -2.27. The molecule has 8 nitrogen and oxygen atoms in total. The van der Waals surface area contributed by atoms with Gasteiger partial charge < -0.3 is 16.0 Å². The number of carbonyl (C=O) groups is 2. The number of anilines is 1. The molecular weight excluding hydrogens is 448 g/mol. The second kappa shape index (κ2) is 8.93. The molecule has 172 valence electrons. The van der Waals surface area contributed by atoms with Gasteiger partial charge in [0.1, 0.15) is 5.00 Å². The molecule has 1 fully saturated rings. The van der Waals surface area contributed by atoms with Gasteiger partial charge in [0, 0.05) is 36.1 Å². The van der Waals surface area contributed by atoms with Crippen LogP contribution in [0.25, 0.3) is 0 Å². The molecule has 4 rings (SSSR count). The lowest BCUT2D eigenvalue weighted by molar-refractivity contribution is 0.1000. The first-order chi connectivity index (χ1) is 15.2. The van der Waals surface area contributed by atoms with Crippen LogP contribution in [0, 0.1) is 0 Å². The summed E-state index contributed by atoms with van der Waals surface area (Å²) in [6, 6.07) is 5.90. The molecule has 1 aromatic heterocycles. The second-order valence-electron chi connectivity index (χ2n) is 8.50. The molecule has 1 saturated heterocycles. The molecule has 1 aromatic carbocycles. The van der Waals surface area contributed by atoms with Gasteiger partial charge in [0.25, 0.3) is 11.8 Å². The van der Waals surface area contributed by atoms with E-state index in [-0.39, 0.29) is 10.9 Å². The lowest BCUT2D eigenvalue weighted by Crippen LogP contribution is -2.41. The number of likely N-dealkylation sites (N-methyl/N-ethyl adjacent to an activating group) is 1. The zero-order valence-corrected chi connectivity index (χ0v) is 19.9. The number of thiophene rings is 1. The van der Waals surface area contributed by atoms with E-state index in [9.17, 15) is 18.0 Å². The molecule has 10 heteroatoms. The highest BCUT2D eigenvalue weighted by Gasteiger charge is 2.31. The summed E-state index contributed by atoms with van der Waals surface area (Å²) in [5, 5.41) is 3.26.